The Morgan fingerprint density at radius 2 is 1.56 bits per heavy atom. The molecule has 5 unspecified atom stereocenters. The van der Waals surface area contributed by atoms with Gasteiger partial charge in [-0.15, -0.1) is 0 Å². The van der Waals surface area contributed by atoms with Crippen molar-refractivity contribution in [1.29, 1.82) is 0 Å². The van der Waals surface area contributed by atoms with E-state index >= 15 is 0 Å². The van der Waals surface area contributed by atoms with Gasteiger partial charge in [0.1, 0.15) is 18.1 Å². The summed E-state index contributed by atoms with van der Waals surface area (Å²) in [5.74, 6) is -6.35. The Balaban J connectivity index is 3.03. The fraction of sp³-hybridized carbons (Fsp3) is 0.500. The highest BCUT2D eigenvalue weighted by Crippen LogP contribution is 2.04. The number of aliphatic hydroxyl groups is 1. The summed E-state index contributed by atoms with van der Waals surface area (Å²) >= 11 is 0. The maximum absolute atomic E-state index is 12.9. The topological polar surface area (TPSA) is 286 Å². The number of carboxylic acids is 1. The standard InChI is InChI=1S/C18H28N8O8/c1-7(27)14(17(32)25-11(18(33)34)4-13(21)29)26-16(31)10(2-8-5-22-6-23-8)24-15(30)9(19)3-12(20)28/h5-7,9-11,14,27H,2-4,19H2,1H3,(H2,20,28)(H2,21,29)(H,22,23)(H,24,30)(H,25,32)(H,26,31)(H,33,34). The van der Waals surface area contributed by atoms with Gasteiger partial charge in [-0.2, -0.15) is 0 Å². The van der Waals surface area contributed by atoms with Crippen molar-refractivity contribution in [2.75, 3.05) is 0 Å². The van der Waals surface area contributed by atoms with Crippen LogP contribution in [-0.4, -0.2) is 86.0 Å². The highest BCUT2D eigenvalue weighted by Gasteiger charge is 2.33. The number of aliphatic hydroxyl groups excluding tert-OH is 1. The third-order valence-corrected chi connectivity index (χ3v) is 4.45. The molecule has 0 spiro atoms. The molecule has 0 aliphatic heterocycles. The molecular weight excluding hydrogens is 456 g/mol. The van der Waals surface area contributed by atoms with E-state index in [0.29, 0.717) is 5.69 Å². The number of carbonyl (C=O) groups is 6. The number of aromatic amines is 1. The van der Waals surface area contributed by atoms with E-state index in [9.17, 15) is 33.9 Å². The summed E-state index contributed by atoms with van der Waals surface area (Å²) in [5.41, 5.74) is 16.0. The molecule has 0 bridgehead atoms. The summed E-state index contributed by atoms with van der Waals surface area (Å²) in [6, 6.07) is -6.06. The first-order valence-electron chi connectivity index (χ1n) is 9.93. The van der Waals surface area contributed by atoms with Crippen LogP contribution in [0.15, 0.2) is 12.5 Å². The summed E-state index contributed by atoms with van der Waals surface area (Å²) in [6.07, 6.45) is -0.170. The number of nitrogens with one attached hydrogen (secondary N) is 4. The Hall–Kier alpha value is -4.05. The van der Waals surface area contributed by atoms with Crippen LogP contribution in [0.4, 0.5) is 0 Å². The van der Waals surface area contributed by atoms with Gasteiger partial charge in [-0.1, -0.05) is 0 Å². The molecule has 0 radical (unpaired) electrons. The zero-order chi connectivity index (χ0) is 26.0. The number of nitrogens with zero attached hydrogens (tertiary/aromatic N) is 1. The molecule has 0 saturated carbocycles. The first kappa shape index (κ1) is 28.0. The molecule has 188 valence electrons. The van der Waals surface area contributed by atoms with Gasteiger partial charge < -0.3 is 48.3 Å². The Bertz CT molecular complexity index is 904. The van der Waals surface area contributed by atoms with E-state index in [1.807, 2.05) is 5.32 Å². The first-order chi connectivity index (χ1) is 15.8. The Morgan fingerprint density at radius 1 is 0.971 bits per heavy atom. The summed E-state index contributed by atoms with van der Waals surface area (Å²) in [7, 11) is 0. The van der Waals surface area contributed by atoms with Crippen molar-refractivity contribution in [2.24, 2.45) is 17.2 Å². The van der Waals surface area contributed by atoms with Crippen molar-refractivity contribution in [3.8, 4) is 0 Å². The molecule has 0 saturated heterocycles. The van der Waals surface area contributed by atoms with Crippen molar-refractivity contribution in [2.45, 2.75) is 56.5 Å². The Labute approximate surface area is 193 Å². The molecule has 0 fully saturated rings. The minimum absolute atomic E-state index is 0.144. The van der Waals surface area contributed by atoms with E-state index in [1.54, 1.807) is 0 Å². The van der Waals surface area contributed by atoms with Crippen molar-refractivity contribution in [3.63, 3.8) is 0 Å². The number of hydrogen-bond donors (Lipinski definition) is 9. The molecule has 1 aromatic heterocycles. The van der Waals surface area contributed by atoms with Crippen LogP contribution < -0.4 is 33.2 Å². The smallest absolute Gasteiger partial charge is 0.326 e. The van der Waals surface area contributed by atoms with Crippen molar-refractivity contribution in [1.82, 2.24) is 25.9 Å². The first-order valence-corrected chi connectivity index (χ1v) is 9.93. The molecule has 1 heterocycles. The van der Waals surface area contributed by atoms with Crippen molar-refractivity contribution >= 4 is 35.5 Å². The molecule has 0 aliphatic rings. The SMILES string of the molecule is CC(O)C(NC(=O)C(Cc1cnc[nH]1)NC(=O)C(N)CC(N)=O)C(=O)NC(CC(N)=O)C(=O)O. The zero-order valence-corrected chi connectivity index (χ0v) is 18.2. The number of amides is 5. The third kappa shape index (κ3) is 9.21. The summed E-state index contributed by atoms with van der Waals surface area (Å²) in [6.45, 7) is 1.15. The number of aliphatic carboxylic acids is 1. The second-order valence-electron chi connectivity index (χ2n) is 7.42. The summed E-state index contributed by atoms with van der Waals surface area (Å²) in [4.78, 5) is 77.6. The summed E-state index contributed by atoms with van der Waals surface area (Å²) < 4.78 is 0. The number of H-pyrrole nitrogens is 1. The molecule has 16 nitrogen and oxygen atoms in total. The van der Waals surface area contributed by atoms with E-state index in [-0.39, 0.29) is 6.42 Å². The zero-order valence-electron chi connectivity index (χ0n) is 18.2. The van der Waals surface area contributed by atoms with Gasteiger partial charge in [0.05, 0.1) is 31.3 Å². The van der Waals surface area contributed by atoms with Crippen LogP contribution >= 0.6 is 0 Å². The van der Waals surface area contributed by atoms with Crippen LogP contribution in [0.2, 0.25) is 0 Å². The van der Waals surface area contributed by atoms with E-state index in [2.05, 4.69) is 20.6 Å². The lowest BCUT2D eigenvalue weighted by atomic mass is 10.1. The molecule has 0 aliphatic carbocycles. The monoisotopic (exact) mass is 484 g/mol. The van der Waals surface area contributed by atoms with E-state index in [0.717, 1.165) is 6.92 Å². The van der Waals surface area contributed by atoms with Gasteiger partial charge in [0.25, 0.3) is 0 Å². The molecule has 5 amide bonds. The minimum Gasteiger partial charge on any atom is -0.480 e. The largest absolute Gasteiger partial charge is 0.480 e. The summed E-state index contributed by atoms with van der Waals surface area (Å²) in [5, 5.41) is 25.7. The third-order valence-electron chi connectivity index (χ3n) is 4.45. The average Bonchev–Trinajstić information content (AvgIpc) is 3.22. The lowest BCUT2D eigenvalue weighted by Gasteiger charge is -2.26. The minimum atomic E-state index is -1.70. The number of carbonyl (C=O) groups excluding carboxylic acids is 5. The number of nitrogens with two attached hydrogens (primary N) is 3. The van der Waals surface area contributed by atoms with Gasteiger partial charge >= 0.3 is 5.97 Å². The number of imidazole rings is 1. The molecule has 12 N–H and O–H groups in total. The second-order valence-corrected chi connectivity index (χ2v) is 7.42. The van der Waals surface area contributed by atoms with Gasteiger partial charge in [0.15, 0.2) is 0 Å². The van der Waals surface area contributed by atoms with Crippen LogP contribution in [0.5, 0.6) is 0 Å². The lowest BCUT2D eigenvalue weighted by Crippen LogP contribution is -2.60. The van der Waals surface area contributed by atoms with Crippen LogP contribution in [0.3, 0.4) is 0 Å². The number of aromatic nitrogens is 2. The predicted molar refractivity (Wildman–Crippen MR) is 113 cm³/mol. The van der Waals surface area contributed by atoms with Crippen LogP contribution in [0.1, 0.15) is 25.5 Å². The molecule has 5 atom stereocenters. The van der Waals surface area contributed by atoms with Crippen LogP contribution in [0, 0.1) is 0 Å². The number of primary amides is 2. The number of rotatable bonds is 14. The average molecular weight is 484 g/mol. The van der Waals surface area contributed by atoms with Crippen molar-refractivity contribution < 1.29 is 39.0 Å². The molecule has 16 heteroatoms. The maximum Gasteiger partial charge on any atom is 0.326 e. The van der Waals surface area contributed by atoms with E-state index < -0.39 is 78.6 Å². The molecule has 1 rings (SSSR count). The Morgan fingerprint density at radius 3 is 2.03 bits per heavy atom. The van der Waals surface area contributed by atoms with Gasteiger partial charge in [-0.3, -0.25) is 24.0 Å². The van der Waals surface area contributed by atoms with Crippen LogP contribution in [0.25, 0.3) is 0 Å². The highest BCUT2D eigenvalue weighted by atomic mass is 16.4. The fourth-order valence-electron chi connectivity index (χ4n) is 2.74. The predicted octanol–water partition coefficient (Wildman–Crippen LogP) is -5.05. The molecule has 1 aromatic rings. The molecule has 0 aromatic carbocycles. The van der Waals surface area contributed by atoms with Crippen LogP contribution in [-0.2, 0) is 35.2 Å². The Kier molecular flexibility index (Phi) is 10.6. The van der Waals surface area contributed by atoms with E-state index in [4.69, 9.17) is 22.3 Å². The van der Waals surface area contributed by atoms with E-state index in [1.165, 1.54) is 12.5 Å². The lowest BCUT2D eigenvalue weighted by molar-refractivity contribution is -0.144. The second kappa shape index (κ2) is 12.9. The van der Waals surface area contributed by atoms with Gasteiger partial charge in [-0.25, -0.2) is 9.78 Å². The van der Waals surface area contributed by atoms with Gasteiger partial charge in [0, 0.05) is 18.3 Å². The van der Waals surface area contributed by atoms with Crippen molar-refractivity contribution in [3.05, 3.63) is 18.2 Å². The molecular formula is C18H28N8O8. The normalized spacial score (nSPS) is 15.1. The maximum atomic E-state index is 12.9. The number of hydrogen-bond acceptors (Lipinski definition) is 9. The fourth-order valence-corrected chi connectivity index (χ4v) is 2.74. The van der Waals surface area contributed by atoms with Gasteiger partial charge in [-0.05, 0) is 6.92 Å². The molecule has 34 heavy (non-hydrogen) atoms. The highest BCUT2D eigenvalue weighted by molar-refractivity contribution is 5.95. The van der Waals surface area contributed by atoms with Gasteiger partial charge in [0.2, 0.25) is 29.5 Å². The quantitative estimate of drug-likeness (QED) is 0.121. The number of carboxylic acid groups (broad SMARTS) is 1.